The third kappa shape index (κ3) is 3.76. The minimum atomic E-state index is 0.693. The fraction of sp³-hybridized carbons (Fsp3) is 1.00. The van der Waals surface area contributed by atoms with E-state index in [4.69, 9.17) is 0 Å². The second kappa shape index (κ2) is 6.49. The van der Waals surface area contributed by atoms with E-state index in [0.29, 0.717) is 6.04 Å². The average molecular weight is 212 g/mol. The highest BCUT2D eigenvalue weighted by Gasteiger charge is 2.25. The molecule has 90 valence electrons. The molecule has 15 heavy (non-hydrogen) atoms. The molecule has 1 unspecified atom stereocenters. The molecule has 0 heterocycles. The molecule has 0 aliphatic heterocycles. The van der Waals surface area contributed by atoms with Crippen LogP contribution in [0.5, 0.6) is 0 Å². The van der Waals surface area contributed by atoms with Crippen molar-refractivity contribution >= 4 is 0 Å². The molecule has 1 N–H and O–H groups in total. The van der Waals surface area contributed by atoms with E-state index in [2.05, 4.69) is 38.2 Å². The Morgan fingerprint density at radius 1 is 1.20 bits per heavy atom. The van der Waals surface area contributed by atoms with Crippen LogP contribution in [0.2, 0.25) is 0 Å². The summed E-state index contributed by atoms with van der Waals surface area (Å²) in [5.41, 5.74) is 0. The first-order chi connectivity index (χ1) is 7.16. The molecule has 0 bridgehead atoms. The van der Waals surface area contributed by atoms with Crippen molar-refractivity contribution in [1.82, 2.24) is 10.2 Å². The van der Waals surface area contributed by atoms with Gasteiger partial charge in [0.2, 0.25) is 0 Å². The van der Waals surface area contributed by atoms with Gasteiger partial charge < -0.3 is 5.32 Å². The Morgan fingerprint density at radius 2 is 1.80 bits per heavy atom. The van der Waals surface area contributed by atoms with Gasteiger partial charge in [-0.05, 0) is 32.9 Å². The third-order valence-electron chi connectivity index (χ3n) is 3.86. The molecular weight excluding hydrogens is 184 g/mol. The van der Waals surface area contributed by atoms with Gasteiger partial charge in [-0.2, -0.15) is 0 Å². The first-order valence-electron chi connectivity index (χ1n) is 6.53. The predicted octanol–water partition coefficient (Wildman–Crippen LogP) is 2.49. The Bertz CT molecular complexity index is 162. The molecule has 0 amide bonds. The predicted molar refractivity (Wildman–Crippen MR) is 67.2 cm³/mol. The lowest BCUT2D eigenvalue weighted by Gasteiger charge is -2.39. The SMILES string of the molecule is CNCC(C(C)C)N(C)C1CCCCC1. The average Bonchev–Trinajstić information content (AvgIpc) is 2.26. The quantitative estimate of drug-likeness (QED) is 0.753. The van der Waals surface area contributed by atoms with Gasteiger partial charge in [-0.3, -0.25) is 4.90 Å². The molecule has 0 aromatic rings. The monoisotopic (exact) mass is 212 g/mol. The molecule has 0 radical (unpaired) electrons. The maximum absolute atomic E-state index is 3.33. The van der Waals surface area contributed by atoms with Crippen LogP contribution in [0.1, 0.15) is 46.0 Å². The minimum absolute atomic E-state index is 0.693. The topological polar surface area (TPSA) is 15.3 Å². The maximum atomic E-state index is 3.33. The molecular formula is C13H28N2. The zero-order valence-corrected chi connectivity index (χ0v) is 10.9. The number of rotatable bonds is 5. The van der Waals surface area contributed by atoms with Crippen LogP contribution < -0.4 is 5.32 Å². The van der Waals surface area contributed by atoms with E-state index < -0.39 is 0 Å². The van der Waals surface area contributed by atoms with Crippen molar-refractivity contribution in [2.24, 2.45) is 5.92 Å². The van der Waals surface area contributed by atoms with Gasteiger partial charge >= 0.3 is 0 Å². The van der Waals surface area contributed by atoms with Crippen LogP contribution in [0.4, 0.5) is 0 Å². The highest BCUT2D eigenvalue weighted by atomic mass is 15.2. The molecule has 2 heteroatoms. The lowest BCUT2D eigenvalue weighted by atomic mass is 9.91. The van der Waals surface area contributed by atoms with Crippen LogP contribution in [0.25, 0.3) is 0 Å². The molecule has 1 rings (SSSR count). The van der Waals surface area contributed by atoms with E-state index in [-0.39, 0.29) is 0 Å². The summed E-state index contributed by atoms with van der Waals surface area (Å²) in [7, 11) is 4.38. The summed E-state index contributed by atoms with van der Waals surface area (Å²) in [4.78, 5) is 2.63. The van der Waals surface area contributed by atoms with E-state index in [9.17, 15) is 0 Å². The van der Waals surface area contributed by atoms with Crippen molar-refractivity contribution in [3.8, 4) is 0 Å². The van der Waals surface area contributed by atoms with Gasteiger partial charge in [-0.1, -0.05) is 33.1 Å². The van der Waals surface area contributed by atoms with Gasteiger partial charge in [0.05, 0.1) is 0 Å². The molecule has 1 saturated carbocycles. The summed E-state index contributed by atoms with van der Waals surface area (Å²) in [5, 5.41) is 3.33. The summed E-state index contributed by atoms with van der Waals surface area (Å²) >= 11 is 0. The molecule has 1 aliphatic carbocycles. The first-order valence-corrected chi connectivity index (χ1v) is 6.53. The minimum Gasteiger partial charge on any atom is -0.318 e. The van der Waals surface area contributed by atoms with Crippen molar-refractivity contribution in [3.05, 3.63) is 0 Å². The van der Waals surface area contributed by atoms with Crippen LogP contribution >= 0.6 is 0 Å². The van der Waals surface area contributed by atoms with E-state index in [1.807, 2.05) is 0 Å². The van der Waals surface area contributed by atoms with Crippen LogP contribution in [0.3, 0.4) is 0 Å². The highest BCUT2D eigenvalue weighted by molar-refractivity contribution is 4.82. The lowest BCUT2D eigenvalue weighted by Crippen LogP contribution is -2.48. The zero-order valence-electron chi connectivity index (χ0n) is 10.9. The van der Waals surface area contributed by atoms with Gasteiger partial charge in [0.15, 0.2) is 0 Å². The molecule has 0 saturated heterocycles. The summed E-state index contributed by atoms with van der Waals surface area (Å²) in [6, 6.07) is 1.53. The maximum Gasteiger partial charge on any atom is 0.0243 e. The fourth-order valence-electron chi connectivity index (χ4n) is 2.82. The Morgan fingerprint density at radius 3 is 2.27 bits per heavy atom. The van der Waals surface area contributed by atoms with Crippen LogP contribution in [-0.4, -0.2) is 37.6 Å². The number of hydrogen-bond donors (Lipinski definition) is 1. The third-order valence-corrected chi connectivity index (χ3v) is 3.86. The van der Waals surface area contributed by atoms with E-state index >= 15 is 0 Å². The number of nitrogens with zero attached hydrogens (tertiary/aromatic N) is 1. The Balaban J connectivity index is 2.49. The van der Waals surface area contributed by atoms with Gasteiger partial charge in [-0.25, -0.2) is 0 Å². The van der Waals surface area contributed by atoms with Crippen molar-refractivity contribution in [2.45, 2.75) is 58.0 Å². The standard InChI is InChI=1S/C13H28N2/c1-11(2)13(10-14-3)15(4)12-8-6-5-7-9-12/h11-14H,5-10H2,1-4H3. The van der Waals surface area contributed by atoms with E-state index in [1.165, 1.54) is 32.1 Å². The molecule has 1 atom stereocenters. The summed E-state index contributed by atoms with van der Waals surface area (Å²) < 4.78 is 0. The second-order valence-corrected chi connectivity index (χ2v) is 5.33. The van der Waals surface area contributed by atoms with Crippen molar-refractivity contribution in [2.75, 3.05) is 20.6 Å². The summed E-state index contributed by atoms with van der Waals surface area (Å²) in [6.45, 7) is 5.79. The molecule has 1 aliphatic rings. The molecule has 2 nitrogen and oxygen atoms in total. The Kier molecular flexibility index (Phi) is 5.62. The second-order valence-electron chi connectivity index (χ2n) is 5.33. The fourth-order valence-corrected chi connectivity index (χ4v) is 2.82. The zero-order chi connectivity index (χ0) is 11.3. The molecule has 0 aromatic heterocycles. The highest BCUT2D eigenvalue weighted by Crippen LogP contribution is 2.24. The van der Waals surface area contributed by atoms with Crippen molar-refractivity contribution in [1.29, 1.82) is 0 Å². The van der Waals surface area contributed by atoms with Gasteiger partial charge in [0.25, 0.3) is 0 Å². The van der Waals surface area contributed by atoms with Gasteiger partial charge in [-0.15, -0.1) is 0 Å². The van der Waals surface area contributed by atoms with Crippen molar-refractivity contribution < 1.29 is 0 Å². The first kappa shape index (κ1) is 13.0. The summed E-state index contributed by atoms with van der Waals surface area (Å²) in [6.07, 6.45) is 7.12. The van der Waals surface area contributed by atoms with Crippen LogP contribution in [-0.2, 0) is 0 Å². The Hall–Kier alpha value is -0.0800. The molecule has 0 spiro atoms. The van der Waals surface area contributed by atoms with Gasteiger partial charge in [0.1, 0.15) is 0 Å². The van der Waals surface area contributed by atoms with E-state index in [0.717, 1.165) is 18.5 Å². The number of nitrogens with one attached hydrogen (secondary N) is 1. The normalized spacial score (nSPS) is 21.2. The molecule has 1 fully saturated rings. The van der Waals surface area contributed by atoms with Crippen LogP contribution in [0, 0.1) is 5.92 Å². The molecule has 0 aromatic carbocycles. The largest absolute Gasteiger partial charge is 0.318 e. The van der Waals surface area contributed by atoms with Gasteiger partial charge in [0, 0.05) is 18.6 Å². The Labute approximate surface area is 95.4 Å². The number of hydrogen-bond acceptors (Lipinski definition) is 2. The van der Waals surface area contributed by atoms with Crippen molar-refractivity contribution in [3.63, 3.8) is 0 Å². The summed E-state index contributed by atoms with van der Waals surface area (Å²) in [5.74, 6) is 0.740. The smallest absolute Gasteiger partial charge is 0.0243 e. The number of likely N-dealkylation sites (N-methyl/N-ethyl adjacent to an activating group) is 2. The van der Waals surface area contributed by atoms with Crippen LogP contribution in [0.15, 0.2) is 0 Å². The lowest BCUT2D eigenvalue weighted by molar-refractivity contribution is 0.108. The van der Waals surface area contributed by atoms with E-state index in [1.54, 1.807) is 0 Å².